The number of aryl methyl sites for hydroxylation is 2. The van der Waals surface area contributed by atoms with Crippen LogP contribution in [0.15, 0.2) is 53.4 Å². The predicted octanol–water partition coefficient (Wildman–Crippen LogP) is 3.41. The Balaban J connectivity index is 1.60. The van der Waals surface area contributed by atoms with Crippen LogP contribution in [0.1, 0.15) is 20.8 Å². The van der Waals surface area contributed by atoms with Gasteiger partial charge in [0.05, 0.1) is 10.6 Å². The van der Waals surface area contributed by atoms with Gasteiger partial charge in [-0.15, -0.1) is 11.3 Å². The number of thiazole rings is 1. The minimum Gasteiger partial charge on any atom is -0.298 e. The number of carbonyl (C=O) groups excluding carboxylic acids is 1. The molecule has 8 heteroatoms. The van der Waals surface area contributed by atoms with E-state index in [0.717, 1.165) is 33.3 Å². The largest absolute Gasteiger partial charge is 0.298 e. The summed E-state index contributed by atoms with van der Waals surface area (Å²) >= 11 is 1.47. The molecule has 1 aliphatic carbocycles. The molecule has 1 heterocycles. The van der Waals surface area contributed by atoms with Gasteiger partial charge in [-0.25, -0.2) is 17.7 Å². The van der Waals surface area contributed by atoms with E-state index in [9.17, 15) is 13.2 Å². The lowest BCUT2D eigenvalue weighted by atomic mass is 9.94. The highest BCUT2D eigenvalue weighted by molar-refractivity contribution is 7.89. The minimum absolute atomic E-state index is 0.0810. The lowest BCUT2D eigenvalue weighted by molar-refractivity contribution is 0.102. The highest BCUT2D eigenvalue weighted by Crippen LogP contribution is 2.38. The fraction of sp³-hybridized carbons (Fsp3) is 0.200. The van der Waals surface area contributed by atoms with Gasteiger partial charge in [-0.2, -0.15) is 0 Å². The lowest BCUT2D eigenvalue weighted by Gasteiger charge is -2.13. The Morgan fingerprint density at radius 1 is 1.11 bits per heavy atom. The van der Waals surface area contributed by atoms with Crippen LogP contribution in [-0.2, 0) is 22.9 Å². The van der Waals surface area contributed by atoms with Gasteiger partial charge in [0.25, 0.3) is 5.91 Å². The Labute approximate surface area is 167 Å². The van der Waals surface area contributed by atoms with Gasteiger partial charge in [-0.1, -0.05) is 30.3 Å². The Kier molecular flexibility index (Phi) is 4.78. The second-order valence-electron chi connectivity index (χ2n) is 6.72. The molecule has 1 N–H and O–H groups in total. The molecule has 0 radical (unpaired) electrons. The van der Waals surface area contributed by atoms with Crippen LogP contribution < -0.4 is 5.32 Å². The van der Waals surface area contributed by atoms with E-state index in [0.29, 0.717) is 5.13 Å². The molecule has 0 atom stereocenters. The number of nitrogens with zero attached hydrogens (tertiary/aromatic N) is 2. The van der Waals surface area contributed by atoms with Gasteiger partial charge in [-0.3, -0.25) is 10.1 Å². The average molecular weight is 414 g/mol. The third-order valence-corrected chi connectivity index (χ3v) is 7.53. The molecule has 3 aromatic rings. The van der Waals surface area contributed by atoms with Crippen LogP contribution in [0.5, 0.6) is 0 Å². The van der Waals surface area contributed by atoms with E-state index in [1.165, 1.54) is 43.1 Å². The van der Waals surface area contributed by atoms with Crippen LogP contribution in [-0.4, -0.2) is 37.7 Å². The minimum atomic E-state index is -3.60. The molecule has 0 unspecified atom stereocenters. The number of aromatic nitrogens is 1. The molecule has 1 aromatic heterocycles. The Hall–Kier alpha value is -2.55. The quantitative estimate of drug-likeness (QED) is 0.711. The molecule has 1 amide bonds. The lowest BCUT2D eigenvalue weighted by Crippen LogP contribution is -2.22. The first kappa shape index (κ1) is 18.8. The summed E-state index contributed by atoms with van der Waals surface area (Å²) < 4.78 is 25.7. The van der Waals surface area contributed by atoms with E-state index in [1.807, 2.05) is 18.2 Å². The van der Waals surface area contributed by atoms with Crippen LogP contribution in [0.2, 0.25) is 0 Å². The maximum Gasteiger partial charge on any atom is 0.257 e. The summed E-state index contributed by atoms with van der Waals surface area (Å²) in [6.07, 6.45) is 1.86. The molecule has 0 fully saturated rings. The van der Waals surface area contributed by atoms with E-state index in [-0.39, 0.29) is 16.4 Å². The molecule has 0 saturated heterocycles. The molecule has 0 spiro atoms. The van der Waals surface area contributed by atoms with Crippen molar-refractivity contribution in [3.05, 3.63) is 64.5 Å². The number of hydrogen-bond acceptors (Lipinski definition) is 5. The van der Waals surface area contributed by atoms with Crippen LogP contribution in [0.4, 0.5) is 5.13 Å². The van der Waals surface area contributed by atoms with Gasteiger partial charge in [0.15, 0.2) is 5.13 Å². The van der Waals surface area contributed by atoms with Crippen molar-refractivity contribution in [3.63, 3.8) is 0 Å². The number of rotatable bonds is 4. The van der Waals surface area contributed by atoms with E-state index in [4.69, 9.17) is 0 Å². The number of anilines is 1. The van der Waals surface area contributed by atoms with Crippen molar-refractivity contribution in [1.29, 1.82) is 0 Å². The molecule has 1 aliphatic rings. The number of nitrogens with one attached hydrogen (secondary N) is 1. The monoisotopic (exact) mass is 413 g/mol. The summed E-state index contributed by atoms with van der Waals surface area (Å²) in [7, 11) is -0.684. The molecule has 28 heavy (non-hydrogen) atoms. The van der Waals surface area contributed by atoms with Crippen molar-refractivity contribution in [2.75, 3.05) is 19.4 Å². The number of carbonyl (C=O) groups is 1. The SMILES string of the molecule is CN(C)S(=O)(=O)c1cccc(C(=O)Nc2nc3c(s2)CCc2ccccc2-3)c1. The number of amides is 1. The second kappa shape index (κ2) is 7.12. The zero-order chi connectivity index (χ0) is 19.9. The molecule has 6 nitrogen and oxygen atoms in total. The zero-order valence-corrected chi connectivity index (χ0v) is 17.1. The van der Waals surface area contributed by atoms with Crippen molar-refractivity contribution in [1.82, 2.24) is 9.29 Å². The smallest absolute Gasteiger partial charge is 0.257 e. The third-order valence-electron chi connectivity index (χ3n) is 4.69. The fourth-order valence-electron chi connectivity index (χ4n) is 3.18. The number of fused-ring (bicyclic) bond motifs is 3. The topological polar surface area (TPSA) is 79.4 Å². The van der Waals surface area contributed by atoms with Gasteiger partial charge in [-0.05, 0) is 36.6 Å². The first-order valence-corrected chi connectivity index (χ1v) is 11.0. The van der Waals surface area contributed by atoms with Crippen LogP contribution in [0, 0.1) is 0 Å². The highest BCUT2D eigenvalue weighted by Gasteiger charge is 2.22. The van der Waals surface area contributed by atoms with Gasteiger partial charge >= 0.3 is 0 Å². The molecule has 2 aromatic carbocycles. The standard InChI is InChI=1S/C20H19N3O3S2/c1-23(2)28(25,26)15-8-5-7-14(12-15)19(24)22-20-21-18-16-9-4-3-6-13(16)10-11-17(18)27-20/h3-9,12H,10-11H2,1-2H3,(H,21,22,24). The van der Waals surface area contributed by atoms with Gasteiger partial charge < -0.3 is 0 Å². The number of hydrogen-bond donors (Lipinski definition) is 1. The summed E-state index contributed by atoms with van der Waals surface area (Å²) in [6, 6.07) is 14.2. The Morgan fingerprint density at radius 2 is 1.89 bits per heavy atom. The Bertz CT molecular complexity index is 1170. The summed E-state index contributed by atoms with van der Waals surface area (Å²) in [5.41, 5.74) is 3.57. The second-order valence-corrected chi connectivity index (χ2v) is 9.95. The molecular formula is C20H19N3O3S2. The van der Waals surface area contributed by atoms with Crippen molar-refractivity contribution < 1.29 is 13.2 Å². The summed E-state index contributed by atoms with van der Waals surface area (Å²) in [6.45, 7) is 0. The molecule has 0 bridgehead atoms. The van der Waals surface area contributed by atoms with Crippen LogP contribution in [0.25, 0.3) is 11.3 Å². The maximum absolute atomic E-state index is 12.7. The van der Waals surface area contributed by atoms with Gasteiger partial charge in [0.2, 0.25) is 10.0 Å². The van der Waals surface area contributed by atoms with Crippen molar-refractivity contribution in [3.8, 4) is 11.3 Å². The molecular weight excluding hydrogens is 394 g/mol. The van der Waals surface area contributed by atoms with Gasteiger partial charge in [0, 0.05) is 30.1 Å². The van der Waals surface area contributed by atoms with Gasteiger partial charge in [0.1, 0.15) is 0 Å². The third kappa shape index (κ3) is 3.34. The van der Waals surface area contributed by atoms with Crippen molar-refractivity contribution in [2.24, 2.45) is 0 Å². The summed E-state index contributed by atoms with van der Waals surface area (Å²) in [5, 5.41) is 3.34. The van der Waals surface area contributed by atoms with E-state index in [2.05, 4.69) is 16.4 Å². The van der Waals surface area contributed by atoms with E-state index < -0.39 is 10.0 Å². The first-order chi connectivity index (χ1) is 13.4. The normalized spacial score (nSPS) is 13.1. The summed E-state index contributed by atoms with van der Waals surface area (Å²) in [4.78, 5) is 18.5. The number of benzene rings is 2. The van der Waals surface area contributed by atoms with Crippen molar-refractivity contribution in [2.45, 2.75) is 17.7 Å². The summed E-state index contributed by atoms with van der Waals surface area (Å²) in [5.74, 6) is -0.379. The highest BCUT2D eigenvalue weighted by atomic mass is 32.2. The average Bonchev–Trinajstić information content (AvgIpc) is 3.11. The molecule has 0 saturated carbocycles. The predicted molar refractivity (Wildman–Crippen MR) is 110 cm³/mol. The Morgan fingerprint density at radius 3 is 2.68 bits per heavy atom. The molecule has 144 valence electrons. The van der Waals surface area contributed by atoms with E-state index >= 15 is 0 Å². The molecule has 0 aliphatic heterocycles. The number of sulfonamides is 1. The van der Waals surface area contributed by atoms with Crippen LogP contribution in [0.3, 0.4) is 0 Å². The molecule has 4 rings (SSSR count). The van der Waals surface area contributed by atoms with E-state index in [1.54, 1.807) is 12.1 Å². The fourth-order valence-corrected chi connectivity index (χ4v) is 5.10. The van der Waals surface area contributed by atoms with Crippen LogP contribution >= 0.6 is 11.3 Å². The maximum atomic E-state index is 12.7. The zero-order valence-electron chi connectivity index (χ0n) is 15.5. The van der Waals surface area contributed by atoms with Crippen molar-refractivity contribution >= 4 is 32.4 Å². The first-order valence-electron chi connectivity index (χ1n) is 8.78.